The van der Waals surface area contributed by atoms with E-state index in [2.05, 4.69) is 29.0 Å². The van der Waals surface area contributed by atoms with Gasteiger partial charge in [0.1, 0.15) is 0 Å². The lowest BCUT2D eigenvalue weighted by Crippen LogP contribution is -2.48. The molecule has 0 aliphatic carbocycles. The number of hydrogen-bond donors (Lipinski definition) is 1. The Morgan fingerprint density at radius 3 is 2.79 bits per heavy atom. The Bertz CT molecular complexity index is 295. The lowest BCUT2D eigenvalue weighted by atomic mass is 10.1. The maximum atomic E-state index is 5.62. The van der Waals surface area contributed by atoms with Crippen LogP contribution in [0, 0.1) is 0 Å². The summed E-state index contributed by atoms with van der Waals surface area (Å²) in [5.74, 6) is 0. The van der Waals surface area contributed by atoms with E-state index in [0.717, 1.165) is 18.2 Å². The Morgan fingerprint density at radius 2 is 2.00 bits per heavy atom. The molecule has 0 saturated carbocycles. The van der Waals surface area contributed by atoms with Gasteiger partial charge in [-0.15, -0.1) is 0 Å². The third-order valence-corrected chi connectivity index (χ3v) is 5.09. The second-order valence-electron chi connectivity index (χ2n) is 6.00. The summed E-state index contributed by atoms with van der Waals surface area (Å²) < 4.78 is 0. The molecule has 0 spiro atoms. The van der Waals surface area contributed by atoms with Crippen molar-refractivity contribution in [3.63, 3.8) is 0 Å². The molecule has 0 aromatic rings. The summed E-state index contributed by atoms with van der Waals surface area (Å²) in [6, 6.07) is 1.29. The van der Waals surface area contributed by atoms with Crippen LogP contribution in [0.4, 0.5) is 0 Å². The molecule has 0 radical (unpaired) electrons. The highest BCUT2D eigenvalue weighted by atomic mass is 32.1. The molecule has 1 N–H and O–H groups in total. The van der Waals surface area contributed by atoms with Crippen molar-refractivity contribution in [1.82, 2.24) is 15.1 Å². The van der Waals surface area contributed by atoms with Crippen molar-refractivity contribution < 1.29 is 0 Å². The average Bonchev–Trinajstić information content (AvgIpc) is 2.76. The van der Waals surface area contributed by atoms with Crippen molar-refractivity contribution >= 4 is 17.3 Å². The van der Waals surface area contributed by atoms with E-state index in [1.54, 1.807) is 0 Å². The zero-order chi connectivity index (χ0) is 13.7. The number of nitrogens with one attached hydrogen (secondary N) is 1. The molecule has 110 valence electrons. The minimum Gasteiger partial charge on any atom is -0.361 e. The van der Waals surface area contributed by atoms with Crippen LogP contribution < -0.4 is 5.32 Å². The predicted molar refractivity (Wildman–Crippen MR) is 85.5 cm³/mol. The Balaban J connectivity index is 1.79. The van der Waals surface area contributed by atoms with Gasteiger partial charge in [-0.05, 0) is 57.9 Å². The fourth-order valence-corrected chi connectivity index (χ4v) is 3.78. The van der Waals surface area contributed by atoms with Gasteiger partial charge in [0.15, 0.2) is 5.11 Å². The Morgan fingerprint density at radius 1 is 1.16 bits per heavy atom. The topological polar surface area (TPSA) is 18.5 Å². The molecule has 2 fully saturated rings. The normalized spacial score (nSPS) is 29.3. The van der Waals surface area contributed by atoms with Crippen molar-refractivity contribution in [3.8, 4) is 0 Å². The minimum absolute atomic E-state index is 0.605. The molecule has 2 heterocycles. The van der Waals surface area contributed by atoms with Crippen molar-refractivity contribution in [3.05, 3.63) is 0 Å². The van der Waals surface area contributed by atoms with Crippen molar-refractivity contribution in [2.24, 2.45) is 0 Å². The first-order chi connectivity index (χ1) is 9.22. The molecular formula is C15H29N3S. The molecule has 4 heteroatoms. The second kappa shape index (κ2) is 7.44. The van der Waals surface area contributed by atoms with Gasteiger partial charge < -0.3 is 10.2 Å². The van der Waals surface area contributed by atoms with E-state index in [4.69, 9.17) is 12.2 Å². The summed E-state index contributed by atoms with van der Waals surface area (Å²) in [5.41, 5.74) is 0. The predicted octanol–water partition coefficient (Wildman–Crippen LogP) is 2.61. The van der Waals surface area contributed by atoms with E-state index in [0.29, 0.717) is 12.1 Å². The lowest BCUT2D eigenvalue weighted by molar-refractivity contribution is 0.262. The van der Waals surface area contributed by atoms with Crippen molar-refractivity contribution in [1.29, 1.82) is 0 Å². The Hall–Kier alpha value is -0.350. The molecular weight excluding hydrogens is 254 g/mol. The standard InChI is InChI=1S/C15H29N3S/c1-3-17-10-7-9-14(17)12-16-15(19)18-11-6-4-5-8-13(18)2/h13-14H,3-12H2,1-2H3,(H,16,19). The van der Waals surface area contributed by atoms with Crippen LogP contribution in [0.25, 0.3) is 0 Å². The Kier molecular flexibility index (Phi) is 5.89. The molecule has 2 aliphatic heterocycles. The largest absolute Gasteiger partial charge is 0.361 e. The fraction of sp³-hybridized carbons (Fsp3) is 0.933. The quantitative estimate of drug-likeness (QED) is 0.802. The van der Waals surface area contributed by atoms with E-state index in [1.165, 1.54) is 51.6 Å². The van der Waals surface area contributed by atoms with E-state index in [9.17, 15) is 0 Å². The minimum atomic E-state index is 0.605. The van der Waals surface area contributed by atoms with Crippen LogP contribution in [0.2, 0.25) is 0 Å². The number of likely N-dealkylation sites (tertiary alicyclic amines) is 2. The van der Waals surface area contributed by atoms with Gasteiger partial charge in [-0.3, -0.25) is 4.90 Å². The van der Waals surface area contributed by atoms with Crippen molar-refractivity contribution in [2.75, 3.05) is 26.2 Å². The first-order valence-corrected chi connectivity index (χ1v) is 8.41. The van der Waals surface area contributed by atoms with Gasteiger partial charge in [0.2, 0.25) is 0 Å². The summed E-state index contributed by atoms with van der Waals surface area (Å²) in [6.45, 7) is 9.15. The molecule has 0 bridgehead atoms. The van der Waals surface area contributed by atoms with E-state index in [-0.39, 0.29) is 0 Å². The number of hydrogen-bond acceptors (Lipinski definition) is 2. The zero-order valence-corrected chi connectivity index (χ0v) is 13.3. The first kappa shape index (κ1) is 15.0. The second-order valence-corrected chi connectivity index (χ2v) is 6.39. The summed E-state index contributed by atoms with van der Waals surface area (Å²) in [4.78, 5) is 4.98. The van der Waals surface area contributed by atoms with E-state index < -0.39 is 0 Å². The molecule has 0 aromatic heterocycles. The molecule has 0 aromatic carbocycles. The van der Waals surface area contributed by atoms with Gasteiger partial charge in [0, 0.05) is 25.2 Å². The summed E-state index contributed by atoms with van der Waals surface area (Å²) in [7, 11) is 0. The summed E-state index contributed by atoms with van der Waals surface area (Å²) in [6.07, 6.45) is 7.94. The first-order valence-electron chi connectivity index (χ1n) is 8.01. The van der Waals surface area contributed by atoms with Crippen LogP contribution in [0.5, 0.6) is 0 Å². The number of rotatable bonds is 3. The highest BCUT2D eigenvalue weighted by molar-refractivity contribution is 7.80. The van der Waals surface area contributed by atoms with E-state index >= 15 is 0 Å². The highest BCUT2D eigenvalue weighted by Gasteiger charge is 2.24. The van der Waals surface area contributed by atoms with E-state index in [1.807, 2.05) is 0 Å². The molecule has 2 atom stereocenters. The SMILES string of the molecule is CCN1CCCC1CNC(=S)N1CCCCCC1C. The lowest BCUT2D eigenvalue weighted by Gasteiger charge is -2.31. The Labute approximate surface area is 123 Å². The smallest absolute Gasteiger partial charge is 0.169 e. The average molecular weight is 283 g/mol. The molecule has 2 rings (SSSR count). The van der Waals surface area contributed by atoms with Gasteiger partial charge in [-0.1, -0.05) is 19.8 Å². The maximum absolute atomic E-state index is 5.62. The number of likely N-dealkylation sites (N-methyl/N-ethyl adjacent to an activating group) is 1. The maximum Gasteiger partial charge on any atom is 0.169 e. The number of thiocarbonyl (C=S) groups is 1. The molecule has 2 aliphatic rings. The molecule has 2 saturated heterocycles. The van der Waals surface area contributed by atoms with Crippen LogP contribution in [0.15, 0.2) is 0 Å². The molecule has 0 amide bonds. The van der Waals surface area contributed by atoms with Crippen molar-refractivity contribution in [2.45, 2.75) is 64.5 Å². The third kappa shape index (κ3) is 4.06. The molecule has 2 unspecified atom stereocenters. The monoisotopic (exact) mass is 283 g/mol. The third-order valence-electron chi connectivity index (χ3n) is 4.71. The highest BCUT2D eigenvalue weighted by Crippen LogP contribution is 2.18. The summed E-state index contributed by atoms with van der Waals surface area (Å²) in [5, 5.41) is 4.52. The van der Waals surface area contributed by atoms with Crippen LogP contribution in [-0.2, 0) is 0 Å². The van der Waals surface area contributed by atoms with Crippen LogP contribution in [-0.4, -0.2) is 53.2 Å². The zero-order valence-electron chi connectivity index (χ0n) is 12.5. The molecule has 19 heavy (non-hydrogen) atoms. The van der Waals surface area contributed by atoms with Gasteiger partial charge in [-0.25, -0.2) is 0 Å². The number of nitrogens with zero attached hydrogens (tertiary/aromatic N) is 2. The van der Waals surface area contributed by atoms with Gasteiger partial charge >= 0.3 is 0 Å². The summed E-state index contributed by atoms with van der Waals surface area (Å²) >= 11 is 5.62. The fourth-order valence-electron chi connectivity index (χ4n) is 3.43. The van der Waals surface area contributed by atoms with Crippen LogP contribution in [0.3, 0.4) is 0 Å². The van der Waals surface area contributed by atoms with Gasteiger partial charge in [0.25, 0.3) is 0 Å². The van der Waals surface area contributed by atoms with Gasteiger partial charge in [0.05, 0.1) is 0 Å². The van der Waals surface area contributed by atoms with Crippen LogP contribution >= 0.6 is 12.2 Å². The van der Waals surface area contributed by atoms with Gasteiger partial charge in [-0.2, -0.15) is 0 Å². The molecule has 3 nitrogen and oxygen atoms in total. The van der Waals surface area contributed by atoms with Crippen LogP contribution in [0.1, 0.15) is 52.4 Å².